The third-order valence-corrected chi connectivity index (χ3v) is 2.92. The van der Waals surface area contributed by atoms with Crippen molar-refractivity contribution in [1.82, 2.24) is 4.98 Å². The van der Waals surface area contributed by atoms with Crippen molar-refractivity contribution < 1.29 is 4.39 Å². The monoisotopic (exact) mass is 187 g/mol. The summed E-state index contributed by atoms with van der Waals surface area (Å²) in [4.78, 5) is 4.05. The number of hydrogen-bond acceptors (Lipinski definition) is 2. The van der Waals surface area contributed by atoms with E-state index in [2.05, 4.69) is 18.8 Å². The number of thiazole rings is 1. The summed E-state index contributed by atoms with van der Waals surface area (Å²) < 4.78 is 12.6. The van der Waals surface area contributed by atoms with Gasteiger partial charge in [-0.3, -0.25) is 0 Å². The number of halogens is 1. The first-order valence-electron chi connectivity index (χ1n) is 4.39. The maximum atomic E-state index is 12.6. The highest BCUT2D eigenvalue weighted by atomic mass is 32.1. The second kappa shape index (κ2) is 4.55. The molecule has 0 aliphatic rings. The highest BCUT2D eigenvalue weighted by Gasteiger charge is 2.12. The summed E-state index contributed by atoms with van der Waals surface area (Å²) in [5, 5.41) is 0.788. The smallest absolute Gasteiger partial charge is 0.196 e. The SMILES string of the molecule is CCCC(CC)c1ncc(F)s1. The Morgan fingerprint density at radius 3 is 2.75 bits per heavy atom. The molecule has 0 aliphatic carbocycles. The minimum absolute atomic E-state index is 0.167. The van der Waals surface area contributed by atoms with E-state index in [4.69, 9.17) is 0 Å². The van der Waals surface area contributed by atoms with Crippen LogP contribution in [0.15, 0.2) is 6.20 Å². The first kappa shape index (κ1) is 9.65. The molecule has 0 aliphatic heterocycles. The van der Waals surface area contributed by atoms with Gasteiger partial charge in [0, 0.05) is 5.92 Å². The van der Waals surface area contributed by atoms with Crippen LogP contribution in [0.25, 0.3) is 0 Å². The number of rotatable bonds is 4. The molecule has 68 valence electrons. The van der Waals surface area contributed by atoms with Gasteiger partial charge in [-0.2, -0.15) is 4.39 Å². The van der Waals surface area contributed by atoms with Gasteiger partial charge in [0.1, 0.15) is 0 Å². The standard InChI is InChI=1S/C9H14FNS/c1-3-5-7(4-2)9-11-6-8(10)12-9/h6-7H,3-5H2,1-2H3. The largest absolute Gasteiger partial charge is 0.246 e. The third kappa shape index (κ3) is 2.27. The molecule has 0 N–H and O–H groups in total. The summed E-state index contributed by atoms with van der Waals surface area (Å²) in [5.41, 5.74) is 0. The minimum Gasteiger partial charge on any atom is -0.246 e. The van der Waals surface area contributed by atoms with E-state index >= 15 is 0 Å². The number of nitrogens with zero attached hydrogens (tertiary/aromatic N) is 1. The van der Waals surface area contributed by atoms with Crippen LogP contribution in [0.2, 0.25) is 0 Å². The molecule has 0 radical (unpaired) electrons. The Labute approximate surface area is 76.6 Å². The molecule has 1 aromatic rings. The van der Waals surface area contributed by atoms with E-state index in [1.54, 1.807) is 0 Å². The molecule has 1 heterocycles. The molecule has 0 aromatic carbocycles. The zero-order chi connectivity index (χ0) is 8.97. The van der Waals surface area contributed by atoms with Gasteiger partial charge < -0.3 is 0 Å². The minimum atomic E-state index is -0.167. The number of hydrogen-bond donors (Lipinski definition) is 0. The average molecular weight is 187 g/mol. The molecule has 1 aromatic heterocycles. The van der Waals surface area contributed by atoms with E-state index in [9.17, 15) is 4.39 Å². The molecule has 0 saturated heterocycles. The first-order valence-corrected chi connectivity index (χ1v) is 5.20. The van der Waals surface area contributed by atoms with Gasteiger partial charge in [0.2, 0.25) is 0 Å². The summed E-state index contributed by atoms with van der Waals surface area (Å²) in [5.74, 6) is 0.462. The molecule has 0 fully saturated rings. The topological polar surface area (TPSA) is 12.9 Å². The van der Waals surface area contributed by atoms with E-state index in [0.29, 0.717) is 5.92 Å². The molecule has 1 atom stereocenters. The van der Waals surface area contributed by atoms with Crippen molar-refractivity contribution in [2.45, 2.75) is 39.0 Å². The molecule has 0 saturated carbocycles. The highest BCUT2D eigenvalue weighted by molar-refractivity contribution is 7.10. The molecule has 1 nitrogen and oxygen atoms in total. The quantitative estimate of drug-likeness (QED) is 0.702. The van der Waals surface area contributed by atoms with Crippen LogP contribution >= 0.6 is 11.3 Å². The fourth-order valence-electron chi connectivity index (χ4n) is 1.31. The van der Waals surface area contributed by atoms with Gasteiger partial charge in [0.15, 0.2) is 5.13 Å². The van der Waals surface area contributed by atoms with Gasteiger partial charge in [0.05, 0.1) is 11.2 Å². The predicted molar refractivity (Wildman–Crippen MR) is 50.0 cm³/mol. The van der Waals surface area contributed by atoms with E-state index in [1.165, 1.54) is 17.5 Å². The van der Waals surface area contributed by atoms with Crippen LogP contribution in [0.1, 0.15) is 44.0 Å². The molecule has 1 unspecified atom stereocenters. The Morgan fingerprint density at radius 2 is 2.33 bits per heavy atom. The molecule has 0 amide bonds. The van der Waals surface area contributed by atoms with Crippen molar-refractivity contribution in [1.29, 1.82) is 0 Å². The molecule has 3 heteroatoms. The maximum absolute atomic E-state index is 12.6. The van der Waals surface area contributed by atoms with Crippen molar-refractivity contribution in [2.75, 3.05) is 0 Å². The van der Waals surface area contributed by atoms with Crippen molar-refractivity contribution in [3.8, 4) is 0 Å². The van der Waals surface area contributed by atoms with Crippen LogP contribution in [0.3, 0.4) is 0 Å². The van der Waals surface area contributed by atoms with Crippen LogP contribution < -0.4 is 0 Å². The maximum Gasteiger partial charge on any atom is 0.196 e. The van der Waals surface area contributed by atoms with Gasteiger partial charge in [0.25, 0.3) is 0 Å². The lowest BCUT2D eigenvalue weighted by molar-refractivity contribution is 0.592. The van der Waals surface area contributed by atoms with E-state index in [1.807, 2.05) is 0 Å². The summed E-state index contributed by atoms with van der Waals surface area (Å²) in [6, 6.07) is 0. The van der Waals surface area contributed by atoms with Crippen LogP contribution in [-0.2, 0) is 0 Å². The third-order valence-electron chi connectivity index (χ3n) is 1.97. The lowest BCUT2D eigenvalue weighted by atomic mass is 10.0. The number of aromatic nitrogens is 1. The van der Waals surface area contributed by atoms with Crippen LogP contribution in [0.4, 0.5) is 4.39 Å². The fourth-order valence-corrected chi connectivity index (χ4v) is 2.17. The zero-order valence-electron chi connectivity index (χ0n) is 7.51. The van der Waals surface area contributed by atoms with Crippen LogP contribution in [0.5, 0.6) is 0 Å². The summed E-state index contributed by atoms with van der Waals surface area (Å²) >= 11 is 1.18. The molecular weight excluding hydrogens is 173 g/mol. The molecule has 12 heavy (non-hydrogen) atoms. The summed E-state index contributed by atoms with van der Waals surface area (Å²) in [7, 11) is 0. The Hall–Kier alpha value is -0.440. The summed E-state index contributed by atoms with van der Waals surface area (Å²) in [6.45, 7) is 4.27. The lowest BCUT2D eigenvalue weighted by Gasteiger charge is -2.08. The highest BCUT2D eigenvalue weighted by Crippen LogP contribution is 2.27. The average Bonchev–Trinajstić information content (AvgIpc) is 2.47. The Morgan fingerprint density at radius 1 is 1.58 bits per heavy atom. The normalized spacial score (nSPS) is 13.2. The fraction of sp³-hybridized carbons (Fsp3) is 0.667. The second-order valence-electron chi connectivity index (χ2n) is 2.90. The Kier molecular flexibility index (Phi) is 3.66. The van der Waals surface area contributed by atoms with Crippen molar-refractivity contribution in [3.63, 3.8) is 0 Å². The van der Waals surface area contributed by atoms with E-state index in [0.717, 1.165) is 24.3 Å². The van der Waals surface area contributed by atoms with Crippen molar-refractivity contribution in [2.24, 2.45) is 0 Å². The summed E-state index contributed by atoms with van der Waals surface area (Å²) in [6.07, 6.45) is 4.63. The molecule has 1 rings (SSSR count). The van der Waals surface area contributed by atoms with Gasteiger partial charge in [-0.25, -0.2) is 4.98 Å². The van der Waals surface area contributed by atoms with Gasteiger partial charge in [-0.1, -0.05) is 31.6 Å². The van der Waals surface area contributed by atoms with Crippen molar-refractivity contribution >= 4 is 11.3 Å². The van der Waals surface area contributed by atoms with E-state index in [-0.39, 0.29) is 5.13 Å². The van der Waals surface area contributed by atoms with Crippen LogP contribution in [-0.4, -0.2) is 4.98 Å². The second-order valence-corrected chi connectivity index (χ2v) is 3.91. The molecule has 0 bridgehead atoms. The Balaban J connectivity index is 2.66. The molecule has 0 spiro atoms. The van der Waals surface area contributed by atoms with Gasteiger partial charge in [-0.05, 0) is 12.8 Å². The van der Waals surface area contributed by atoms with Gasteiger partial charge >= 0.3 is 0 Å². The first-order chi connectivity index (χ1) is 5.77. The Bertz CT molecular complexity index is 234. The lowest BCUT2D eigenvalue weighted by Crippen LogP contribution is -1.95. The molecular formula is C9H14FNS. The van der Waals surface area contributed by atoms with Gasteiger partial charge in [-0.15, -0.1) is 0 Å². The van der Waals surface area contributed by atoms with Crippen LogP contribution in [0, 0.1) is 5.13 Å². The predicted octanol–water partition coefficient (Wildman–Crippen LogP) is 3.58. The van der Waals surface area contributed by atoms with E-state index < -0.39 is 0 Å². The van der Waals surface area contributed by atoms with Crippen molar-refractivity contribution in [3.05, 3.63) is 16.3 Å². The zero-order valence-corrected chi connectivity index (χ0v) is 8.33.